The number of ether oxygens (including phenoxy) is 1. The number of hydrogen-bond acceptors (Lipinski definition) is 3. The molecular weight excluding hydrogens is 228 g/mol. The van der Waals surface area contributed by atoms with Crippen molar-refractivity contribution in [2.24, 2.45) is 5.92 Å². The summed E-state index contributed by atoms with van der Waals surface area (Å²) in [5.41, 5.74) is 0.676. The maximum atomic E-state index is 12.1. The van der Waals surface area contributed by atoms with E-state index in [2.05, 4.69) is 10.3 Å². The Balaban J connectivity index is 2.01. The second-order valence-electron chi connectivity index (χ2n) is 4.61. The third kappa shape index (κ3) is 3.22. The number of hydrogen-bond donors (Lipinski definition) is 1. The molecule has 1 aromatic rings. The predicted octanol–water partition coefficient (Wildman–Crippen LogP) is 3.00. The molecule has 18 heavy (non-hydrogen) atoms. The Morgan fingerprint density at radius 2 is 2.22 bits per heavy atom. The van der Waals surface area contributed by atoms with Crippen LogP contribution in [0.1, 0.15) is 39.0 Å². The topological polar surface area (TPSA) is 51.2 Å². The van der Waals surface area contributed by atoms with Crippen molar-refractivity contribution in [3.8, 4) is 5.88 Å². The van der Waals surface area contributed by atoms with Crippen molar-refractivity contribution >= 4 is 11.6 Å². The summed E-state index contributed by atoms with van der Waals surface area (Å²) >= 11 is 0. The van der Waals surface area contributed by atoms with Crippen LogP contribution in [0.2, 0.25) is 0 Å². The molecule has 1 N–H and O–H groups in total. The average Bonchev–Trinajstić information content (AvgIpc) is 2.42. The first-order chi connectivity index (χ1) is 8.81. The fourth-order valence-corrected chi connectivity index (χ4v) is 2.34. The van der Waals surface area contributed by atoms with Crippen molar-refractivity contribution in [2.45, 2.75) is 39.0 Å². The van der Waals surface area contributed by atoms with Gasteiger partial charge in [0.15, 0.2) is 0 Å². The molecule has 0 spiro atoms. The van der Waals surface area contributed by atoms with E-state index in [1.165, 1.54) is 6.42 Å². The zero-order valence-corrected chi connectivity index (χ0v) is 10.8. The molecule has 0 aliphatic heterocycles. The van der Waals surface area contributed by atoms with Crippen LogP contribution in [0.25, 0.3) is 0 Å². The molecule has 1 amide bonds. The largest absolute Gasteiger partial charge is 0.476 e. The van der Waals surface area contributed by atoms with Gasteiger partial charge in [0, 0.05) is 12.1 Å². The van der Waals surface area contributed by atoms with Crippen molar-refractivity contribution < 1.29 is 9.53 Å². The van der Waals surface area contributed by atoms with E-state index in [9.17, 15) is 4.79 Å². The molecule has 98 valence electrons. The predicted molar refractivity (Wildman–Crippen MR) is 70.6 cm³/mol. The Morgan fingerprint density at radius 1 is 1.44 bits per heavy atom. The summed E-state index contributed by atoms with van der Waals surface area (Å²) in [7, 11) is 0. The van der Waals surface area contributed by atoms with Crippen LogP contribution in [0.4, 0.5) is 5.69 Å². The third-order valence-electron chi connectivity index (χ3n) is 3.29. The van der Waals surface area contributed by atoms with Gasteiger partial charge in [-0.3, -0.25) is 4.79 Å². The van der Waals surface area contributed by atoms with Crippen LogP contribution in [0.15, 0.2) is 18.3 Å². The molecule has 0 radical (unpaired) electrons. The van der Waals surface area contributed by atoms with E-state index in [0.717, 1.165) is 25.7 Å². The quantitative estimate of drug-likeness (QED) is 0.891. The lowest BCUT2D eigenvalue weighted by molar-refractivity contribution is -0.120. The number of amides is 1. The van der Waals surface area contributed by atoms with Gasteiger partial charge in [-0.15, -0.1) is 0 Å². The molecular formula is C14H20N2O2. The van der Waals surface area contributed by atoms with Gasteiger partial charge in [0.25, 0.3) is 0 Å². The van der Waals surface area contributed by atoms with E-state index in [4.69, 9.17) is 4.74 Å². The highest BCUT2D eigenvalue weighted by Gasteiger charge is 2.22. The number of nitrogens with one attached hydrogen (secondary N) is 1. The minimum Gasteiger partial charge on any atom is -0.476 e. The minimum atomic E-state index is 0.101. The van der Waals surface area contributed by atoms with E-state index in [1.54, 1.807) is 12.3 Å². The molecule has 0 aromatic carbocycles. The lowest BCUT2D eigenvalue weighted by atomic mass is 9.88. The Morgan fingerprint density at radius 3 is 2.94 bits per heavy atom. The standard InChI is InChI=1S/C14H20N2O2/c1-2-18-14-12(9-6-10-15-14)16-13(17)11-7-4-3-5-8-11/h6,9-11H,2-5,7-8H2,1H3,(H,16,17). The molecule has 1 aliphatic rings. The molecule has 0 bridgehead atoms. The van der Waals surface area contributed by atoms with Crippen LogP contribution in [0, 0.1) is 5.92 Å². The van der Waals surface area contributed by atoms with Crippen molar-refractivity contribution in [2.75, 3.05) is 11.9 Å². The van der Waals surface area contributed by atoms with Crippen LogP contribution in [-0.4, -0.2) is 17.5 Å². The first-order valence-electron chi connectivity index (χ1n) is 6.70. The zero-order chi connectivity index (χ0) is 12.8. The van der Waals surface area contributed by atoms with E-state index >= 15 is 0 Å². The molecule has 1 fully saturated rings. The van der Waals surface area contributed by atoms with Gasteiger partial charge in [-0.25, -0.2) is 4.98 Å². The number of nitrogens with zero attached hydrogens (tertiary/aromatic N) is 1. The van der Waals surface area contributed by atoms with Crippen LogP contribution >= 0.6 is 0 Å². The Bertz CT molecular complexity index is 401. The first-order valence-corrected chi connectivity index (χ1v) is 6.70. The number of anilines is 1. The minimum absolute atomic E-state index is 0.101. The van der Waals surface area contributed by atoms with Gasteiger partial charge in [-0.05, 0) is 31.9 Å². The van der Waals surface area contributed by atoms with Gasteiger partial charge >= 0.3 is 0 Å². The smallest absolute Gasteiger partial charge is 0.237 e. The van der Waals surface area contributed by atoms with Crippen molar-refractivity contribution in [3.63, 3.8) is 0 Å². The molecule has 1 saturated carbocycles. The van der Waals surface area contributed by atoms with Gasteiger partial charge < -0.3 is 10.1 Å². The Kier molecular flexibility index (Phi) is 4.56. The monoisotopic (exact) mass is 248 g/mol. The molecule has 1 aliphatic carbocycles. The van der Waals surface area contributed by atoms with Crippen molar-refractivity contribution in [1.82, 2.24) is 4.98 Å². The molecule has 1 heterocycles. The van der Waals surface area contributed by atoms with Crippen molar-refractivity contribution in [3.05, 3.63) is 18.3 Å². The molecule has 0 saturated heterocycles. The fraction of sp³-hybridized carbons (Fsp3) is 0.571. The number of carbonyl (C=O) groups excluding carboxylic acids is 1. The van der Waals surface area contributed by atoms with Crippen molar-refractivity contribution in [1.29, 1.82) is 0 Å². The maximum absolute atomic E-state index is 12.1. The van der Waals surface area contributed by atoms with Gasteiger partial charge in [0.1, 0.15) is 5.69 Å². The summed E-state index contributed by atoms with van der Waals surface area (Å²) in [5.74, 6) is 0.751. The normalized spacial score (nSPS) is 16.3. The lowest BCUT2D eigenvalue weighted by Gasteiger charge is -2.21. The highest BCUT2D eigenvalue weighted by atomic mass is 16.5. The number of pyridine rings is 1. The van der Waals surface area contributed by atoms with Gasteiger partial charge in [0.2, 0.25) is 11.8 Å². The summed E-state index contributed by atoms with van der Waals surface area (Å²) in [6.07, 6.45) is 7.22. The summed E-state index contributed by atoms with van der Waals surface area (Å²) in [5, 5.41) is 2.94. The fourth-order valence-electron chi connectivity index (χ4n) is 2.34. The molecule has 4 heteroatoms. The summed E-state index contributed by atoms with van der Waals surface area (Å²) in [6.45, 7) is 2.45. The number of rotatable bonds is 4. The van der Waals surface area contributed by atoms with Gasteiger partial charge in [0.05, 0.1) is 6.61 Å². The highest BCUT2D eigenvalue weighted by molar-refractivity contribution is 5.93. The molecule has 0 unspecified atom stereocenters. The van der Waals surface area contributed by atoms with E-state index in [0.29, 0.717) is 18.2 Å². The summed E-state index contributed by atoms with van der Waals surface area (Å²) in [6, 6.07) is 3.64. The maximum Gasteiger partial charge on any atom is 0.237 e. The van der Waals surface area contributed by atoms with Crippen LogP contribution in [-0.2, 0) is 4.79 Å². The Labute approximate surface area is 108 Å². The van der Waals surface area contributed by atoms with E-state index in [-0.39, 0.29) is 11.8 Å². The lowest BCUT2D eigenvalue weighted by Crippen LogP contribution is -2.25. The van der Waals surface area contributed by atoms with Crippen LogP contribution in [0.3, 0.4) is 0 Å². The first kappa shape index (κ1) is 12.9. The second-order valence-corrected chi connectivity index (χ2v) is 4.61. The van der Waals surface area contributed by atoms with Crippen LogP contribution in [0.5, 0.6) is 5.88 Å². The SMILES string of the molecule is CCOc1ncccc1NC(=O)C1CCCCC1. The molecule has 4 nitrogen and oxygen atoms in total. The summed E-state index contributed by atoms with van der Waals surface area (Å²) < 4.78 is 5.40. The second kappa shape index (κ2) is 6.38. The molecule has 1 aromatic heterocycles. The Hall–Kier alpha value is -1.58. The van der Waals surface area contributed by atoms with Gasteiger partial charge in [-0.2, -0.15) is 0 Å². The van der Waals surface area contributed by atoms with Gasteiger partial charge in [-0.1, -0.05) is 19.3 Å². The highest BCUT2D eigenvalue weighted by Crippen LogP contribution is 2.27. The number of carbonyl (C=O) groups is 1. The molecule has 2 rings (SSSR count). The molecule has 0 atom stereocenters. The third-order valence-corrected chi connectivity index (χ3v) is 3.29. The van der Waals surface area contributed by atoms with E-state index in [1.807, 2.05) is 13.0 Å². The van der Waals surface area contributed by atoms with Crippen LogP contribution < -0.4 is 10.1 Å². The average molecular weight is 248 g/mol. The van der Waals surface area contributed by atoms with E-state index < -0.39 is 0 Å². The zero-order valence-electron chi connectivity index (χ0n) is 10.8. The number of aromatic nitrogens is 1. The summed E-state index contributed by atoms with van der Waals surface area (Å²) in [4.78, 5) is 16.3.